The molecular formula is C26H25ClN2O6S2. The number of likely N-dealkylation sites (tertiary alicyclic amines) is 1. The van der Waals surface area contributed by atoms with Crippen LogP contribution in [0.4, 0.5) is 4.79 Å². The van der Waals surface area contributed by atoms with Crippen LogP contribution < -0.4 is 4.74 Å². The highest BCUT2D eigenvalue weighted by atomic mass is 35.5. The van der Waals surface area contributed by atoms with E-state index in [0.717, 1.165) is 44.6 Å². The Morgan fingerprint density at radius 3 is 2.59 bits per heavy atom. The van der Waals surface area contributed by atoms with E-state index < -0.39 is 17.0 Å². The fraction of sp³-hybridized carbons (Fsp3) is 0.385. The van der Waals surface area contributed by atoms with Gasteiger partial charge in [0.15, 0.2) is 0 Å². The van der Waals surface area contributed by atoms with Crippen molar-refractivity contribution in [3.05, 3.63) is 45.4 Å². The third kappa shape index (κ3) is 5.28. The molecule has 3 aromatic rings. The second-order valence-corrected chi connectivity index (χ2v) is 12.0. The molecule has 4 heterocycles. The standard InChI is InChI=1S/C26H25ClN2O6S2/c1-2-3-11-34-26(32)35-16-6-4-15(5-7-16)22-23-17-10-12-37(33)14-19(17)36-25(23)28-18(24(22)27)13-29-20(30)8-9-21(29)31/h4-7H,2-3,8-14H2,1H3. The van der Waals surface area contributed by atoms with E-state index in [1.54, 1.807) is 24.3 Å². The number of benzene rings is 1. The number of aromatic nitrogens is 1. The number of hydrogen-bond donors (Lipinski definition) is 0. The number of thiophene rings is 1. The van der Waals surface area contributed by atoms with Crippen LogP contribution in [0.25, 0.3) is 21.3 Å². The number of carbonyl (C=O) groups is 3. The normalized spacial score (nSPS) is 17.4. The number of nitrogens with zero attached hydrogens (tertiary/aromatic N) is 2. The predicted octanol–water partition coefficient (Wildman–Crippen LogP) is 5.39. The second kappa shape index (κ2) is 10.9. The maximum absolute atomic E-state index is 12.3. The molecule has 0 spiro atoms. The van der Waals surface area contributed by atoms with Crippen molar-refractivity contribution in [3.63, 3.8) is 0 Å². The molecule has 0 N–H and O–H groups in total. The van der Waals surface area contributed by atoms with Crippen LogP contribution >= 0.6 is 22.9 Å². The molecule has 0 bridgehead atoms. The lowest BCUT2D eigenvalue weighted by atomic mass is 9.97. The van der Waals surface area contributed by atoms with E-state index in [-0.39, 0.29) is 31.2 Å². The third-order valence-corrected chi connectivity index (χ3v) is 9.41. The summed E-state index contributed by atoms with van der Waals surface area (Å²) in [5.41, 5.74) is 3.04. The Morgan fingerprint density at radius 1 is 1.16 bits per heavy atom. The molecule has 1 atom stereocenters. The number of pyridine rings is 1. The highest BCUT2D eigenvalue weighted by Crippen LogP contribution is 2.44. The van der Waals surface area contributed by atoms with Gasteiger partial charge in [-0.15, -0.1) is 11.3 Å². The molecule has 2 aliphatic heterocycles. The maximum atomic E-state index is 12.3. The topological polar surface area (TPSA) is 103 Å². The first-order chi connectivity index (χ1) is 17.9. The van der Waals surface area contributed by atoms with Crippen LogP contribution in [-0.2, 0) is 43.8 Å². The summed E-state index contributed by atoms with van der Waals surface area (Å²) in [7, 11) is -0.924. The van der Waals surface area contributed by atoms with Crippen molar-refractivity contribution in [2.24, 2.45) is 0 Å². The first-order valence-corrected chi connectivity index (χ1v) is 14.8. The predicted molar refractivity (Wildman–Crippen MR) is 142 cm³/mol. The summed E-state index contributed by atoms with van der Waals surface area (Å²) >= 11 is 8.43. The van der Waals surface area contributed by atoms with Crippen molar-refractivity contribution in [3.8, 4) is 16.9 Å². The van der Waals surface area contributed by atoms with E-state index in [1.165, 1.54) is 16.2 Å². The lowest BCUT2D eigenvalue weighted by Crippen LogP contribution is -2.29. The molecule has 0 saturated carbocycles. The second-order valence-electron chi connectivity index (χ2n) is 8.92. The average molecular weight is 561 g/mol. The number of aryl methyl sites for hydroxylation is 1. The Labute approximate surface area is 225 Å². The van der Waals surface area contributed by atoms with Gasteiger partial charge in [0.25, 0.3) is 0 Å². The van der Waals surface area contributed by atoms with Crippen LogP contribution in [0.2, 0.25) is 5.02 Å². The lowest BCUT2D eigenvalue weighted by molar-refractivity contribution is -0.139. The molecule has 8 nitrogen and oxygen atoms in total. The smallest absolute Gasteiger partial charge is 0.434 e. The SMILES string of the molecule is CCCCOC(=O)Oc1ccc(-c2c(Cl)c(CN3C(=O)CCC3=O)nc3sc4c(c23)CCS(=O)C4)cc1. The number of amides is 2. The molecule has 2 aromatic heterocycles. The number of imide groups is 1. The van der Waals surface area contributed by atoms with Crippen molar-refractivity contribution in [2.45, 2.75) is 51.3 Å². The lowest BCUT2D eigenvalue weighted by Gasteiger charge is -2.18. The highest BCUT2D eigenvalue weighted by molar-refractivity contribution is 7.84. The zero-order chi connectivity index (χ0) is 26.1. The zero-order valence-electron chi connectivity index (χ0n) is 20.2. The van der Waals surface area contributed by atoms with Gasteiger partial charge in [-0.2, -0.15) is 0 Å². The number of rotatable bonds is 7. The molecule has 1 saturated heterocycles. The van der Waals surface area contributed by atoms with Gasteiger partial charge in [-0.05, 0) is 36.1 Å². The minimum atomic E-state index is -0.924. The minimum Gasteiger partial charge on any atom is -0.434 e. The Kier molecular flexibility index (Phi) is 7.60. The van der Waals surface area contributed by atoms with Crippen LogP contribution in [0.3, 0.4) is 0 Å². The Balaban J connectivity index is 1.54. The zero-order valence-corrected chi connectivity index (χ0v) is 22.6. The van der Waals surface area contributed by atoms with Gasteiger partial charge in [0.05, 0.1) is 29.6 Å². The van der Waals surface area contributed by atoms with Gasteiger partial charge >= 0.3 is 6.16 Å². The molecule has 2 amide bonds. The van der Waals surface area contributed by atoms with E-state index in [2.05, 4.69) is 0 Å². The van der Waals surface area contributed by atoms with Crippen molar-refractivity contribution < 1.29 is 28.1 Å². The number of halogens is 1. The maximum Gasteiger partial charge on any atom is 0.513 e. The molecule has 0 radical (unpaired) electrons. The summed E-state index contributed by atoms with van der Waals surface area (Å²) < 4.78 is 22.6. The Hall–Kier alpha value is -2.82. The quantitative estimate of drug-likeness (QED) is 0.165. The molecule has 1 aromatic carbocycles. The summed E-state index contributed by atoms with van der Waals surface area (Å²) in [5.74, 6) is 0.901. The largest absolute Gasteiger partial charge is 0.513 e. The van der Waals surface area contributed by atoms with Crippen molar-refractivity contribution in [2.75, 3.05) is 12.4 Å². The Morgan fingerprint density at radius 2 is 1.89 bits per heavy atom. The van der Waals surface area contributed by atoms with E-state index in [0.29, 0.717) is 41.0 Å². The van der Waals surface area contributed by atoms with E-state index in [1.807, 2.05) is 6.92 Å². The van der Waals surface area contributed by atoms with Crippen LogP contribution in [0.1, 0.15) is 48.7 Å². The summed E-state index contributed by atoms with van der Waals surface area (Å²) in [4.78, 5) is 44.2. The van der Waals surface area contributed by atoms with Crippen molar-refractivity contribution in [1.82, 2.24) is 9.88 Å². The average Bonchev–Trinajstić information content (AvgIpc) is 3.39. The van der Waals surface area contributed by atoms with Gasteiger partial charge in [-0.3, -0.25) is 18.7 Å². The number of carbonyl (C=O) groups excluding carboxylic acids is 3. The van der Waals surface area contributed by atoms with Gasteiger partial charge in [0, 0.05) is 45.2 Å². The number of ether oxygens (including phenoxy) is 2. The fourth-order valence-corrected chi connectivity index (χ4v) is 7.54. The third-order valence-electron chi connectivity index (χ3n) is 6.43. The fourth-order valence-electron chi connectivity index (χ4n) is 4.52. The van der Waals surface area contributed by atoms with Gasteiger partial charge in [0.2, 0.25) is 11.8 Å². The molecule has 194 valence electrons. The summed E-state index contributed by atoms with van der Waals surface area (Å²) in [6.45, 7) is 2.31. The van der Waals surface area contributed by atoms with Crippen molar-refractivity contribution >= 4 is 61.9 Å². The van der Waals surface area contributed by atoms with E-state index >= 15 is 0 Å². The summed E-state index contributed by atoms with van der Waals surface area (Å²) in [6.07, 6.45) is 1.95. The summed E-state index contributed by atoms with van der Waals surface area (Å²) in [6, 6.07) is 6.94. The molecular weight excluding hydrogens is 536 g/mol. The van der Waals surface area contributed by atoms with Crippen LogP contribution in [0.15, 0.2) is 24.3 Å². The molecule has 0 aliphatic carbocycles. The number of hydrogen-bond acceptors (Lipinski definition) is 8. The van der Waals surface area contributed by atoms with Crippen LogP contribution in [0, 0.1) is 0 Å². The van der Waals surface area contributed by atoms with Gasteiger partial charge in [-0.25, -0.2) is 9.78 Å². The van der Waals surface area contributed by atoms with Gasteiger partial charge < -0.3 is 9.47 Å². The van der Waals surface area contributed by atoms with Crippen LogP contribution in [-0.4, -0.2) is 44.4 Å². The molecule has 2 aliphatic rings. The summed E-state index contributed by atoms with van der Waals surface area (Å²) in [5, 5.41) is 1.26. The molecule has 5 rings (SSSR count). The van der Waals surface area contributed by atoms with Crippen LogP contribution in [0.5, 0.6) is 5.75 Å². The number of fused-ring (bicyclic) bond motifs is 3. The molecule has 37 heavy (non-hydrogen) atoms. The molecule has 1 fully saturated rings. The first kappa shape index (κ1) is 25.8. The van der Waals surface area contributed by atoms with Gasteiger partial charge in [0.1, 0.15) is 10.6 Å². The number of unbranched alkanes of at least 4 members (excludes halogenated alkanes) is 1. The minimum absolute atomic E-state index is 0.00126. The van der Waals surface area contributed by atoms with E-state index in [4.69, 9.17) is 26.1 Å². The monoisotopic (exact) mass is 560 g/mol. The Bertz CT molecular complexity index is 1400. The van der Waals surface area contributed by atoms with E-state index in [9.17, 15) is 18.6 Å². The highest BCUT2D eigenvalue weighted by Gasteiger charge is 2.32. The molecule has 1 unspecified atom stereocenters. The van der Waals surface area contributed by atoms with Gasteiger partial charge in [-0.1, -0.05) is 37.1 Å². The molecule has 11 heteroatoms. The first-order valence-electron chi connectivity index (χ1n) is 12.1. The van der Waals surface area contributed by atoms with Crippen molar-refractivity contribution in [1.29, 1.82) is 0 Å².